The molecule has 5 N–H and O–H groups in total. The number of nitrogen functional groups attached to an aromatic ring is 1. The van der Waals surface area contributed by atoms with Crippen molar-refractivity contribution in [1.82, 2.24) is 5.32 Å². The maximum absolute atomic E-state index is 12.4. The van der Waals surface area contributed by atoms with Crippen LogP contribution in [0.3, 0.4) is 0 Å². The number of anilines is 1. The molecule has 7 nitrogen and oxygen atoms in total. The second-order valence-electron chi connectivity index (χ2n) is 5.76. The molecule has 0 saturated carbocycles. The second kappa shape index (κ2) is 9.09. The molecule has 0 fully saturated rings. The largest absolute Gasteiger partial charge is 0.478 e. The Morgan fingerprint density at radius 3 is 2.37 bits per heavy atom. The van der Waals surface area contributed by atoms with E-state index in [1.165, 1.54) is 18.2 Å². The molecule has 0 saturated heterocycles. The van der Waals surface area contributed by atoms with Crippen LogP contribution in [0.25, 0.3) is 0 Å². The number of unbranched alkanes of at least 4 members (excludes halogenated alkanes) is 1. The second-order valence-corrected chi connectivity index (χ2v) is 6.84. The molecule has 0 radical (unpaired) electrons. The molecular formula is C19H20N2O5S. The molecule has 8 heteroatoms. The molecule has 0 aliphatic carbocycles. The van der Waals surface area contributed by atoms with Crippen molar-refractivity contribution in [3.05, 3.63) is 53.1 Å². The number of amides is 1. The van der Waals surface area contributed by atoms with E-state index in [0.29, 0.717) is 11.4 Å². The molecule has 0 heterocycles. The van der Waals surface area contributed by atoms with Gasteiger partial charge in [-0.3, -0.25) is 4.79 Å². The van der Waals surface area contributed by atoms with Crippen LogP contribution in [0.5, 0.6) is 0 Å². The van der Waals surface area contributed by atoms with Crippen LogP contribution >= 0.6 is 11.8 Å². The highest BCUT2D eigenvalue weighted by atomic mass is 32.2. The molecule has 142 valence electrons. The van der Waals surface area contributed by atoms with Crippen molar-refractivity contribution in [1.29, 1.82) is 0 Å². The van der Waals surface area contributed by atoms with Gasteiger partial charge in [0.25, 0.3) is 5.91 Å². The van der Waals surface area contributed by atoms with E-state index >= 15 is 0 Å². The number of hydrogen-bond acceptors (Lipinski definition) is 5. The molecule has 2 rings (SSSR count). The Hall–Kier alpha value is -3.00. The standard InChI is InChI=1S/C19H20N2O5S/c1-2-3-8-21-17(22)13-9-11(20)10-15(16(13)19(25)26)27-14-7-5-4-6-12(14)18(23)24/h4-7,9-10H,2-3,8,20H2,1H3,(H,21,22)(H,23,24)(H,25,26). The molecule has 2 aromatic carbocycles. The number of benzene rings is 2. The molecule has 0 bridgehead atoms. The number of nitrogens with one attached hydrogen (secondary N) is 1. The lowest BCUT2D eigenvalue weighted by Gasteiger charge is -2.14. The summed E-state index contributed by atoms with van der Waals surface area (Å²) in [5.74, 6) is -2.94. The predicted octanol–water partition coefficient (Wildman–Crippen LogP) is 3.35. The zero-order valence-corrected chi connectivity index (χ0v) is 15.5. The number of carboxylic acids is 2. The molecule has 0 aromatic heterocycles. The maximum Gasteiger partial charge on any atom is 0.337 e. The summed E-state index contributed by atoms with van der Waals surface area (Å²) in [6.45, 7) is 2.40. The highest BCUT2D eigenvalue weighted by molar-refractivity contribution is 7.99. The van der Waals surface area contributed by atoms with Crippen LogP contribution in [0.1, 0.15) is 50.8 Å². The van der Waals surface area contributed by atoms with Crippen LogP contribution in [-0.2, 0) is 0 Å². The number of carboxylic acid groups (broad SMARTS) is 2. The first-order chi connectivity index (χ1) is 12.8. The van der Waals surface area contributed by atoms with Gasteiger partial charge in [-0.05, 0) is 30.7 Å². The fourth-order valence-corrected chi connectivity index (χ4v) is 3.58. The summed E-state index contributed by atoms with van der Waals surface area (Å²) in [5, 5.41) is 21.7. The van der Waals surface area contributed by atoms with Gasteiger partial charge in [-0.15, -0.1) is 0 Å². The van der Waals surface area contributed by atoms with Gasteiger partial charge in [0, 0.05) is 22.0 Å². The Labute approximate surface area is 160 Å². The van der Waals surface area contributed by atoms with Crippen molar-refractivity contribution < 1.29 is 24.6 Å². The van der Waals surface area contributed by atoms with E-state index in [1.54, 1.807) is 18.2 Å². The first-order valence-electron chi connectivity index (χ1n) is 8.30. The Balaban J connectivity index is 2.49. The normalized spacial score (nSPS) is 10.4. The summed E-state index contributed by atoms with van der Waals surface area (Å²) in [5.41, 5.74) is 5.87. The summed E-state index contributed by atoms with van der Waals surface area (Å²) in [6.07, 6.45) is 1.65. The van der Waals surface area contributed by atoms with Gasteiger partial charge in [-0.1, -0.05) is 37.2 Å². The lowest BCUT2D eigenvalue weighted by molar-refractivity contribution is 0.0681. The van der Waals surface area contributed by atoms with E-state index < -0.39 is 17.8 Å². The summed E-state index contributed by atoms with van der Waals surface area (Å²) >= 11 is 0.950. The lowest BCUT2D eigenvalue weighted by atomic mass is 10.1. The van der Waals surface area contributed by atoms with Crippen LogP contribution in [-0.4, -0.2) is 34.6 Å². The minimum Gasteiger partial charge on any atom is -0.478 e. The molecule has 0 aliphatic rings. The van der Waals surface area contributed by atoms with Crippen LogP contribution in [0.2, 0.25) is 0 Å². The zero-order valence-electron chi connectivity index (χ0n) is 14.7. The third-order valence-electron chi connectivity index (χ3n) is 3.74. The number of aromatic carboxylic acids is 2. The quantitative estimate of drug-likeness (QED) is 0.403. The smallest absolute Gasteiger partial charge is 0.337 e. The Morgan fingerprint density at radius 1 is 1.04 bits per heavy atom. The molecular weight excluding hydrogens is 368 g/mol. The highest BCUT2D eigenvalue weighted by Crippen LogP contribution is 2.36. The van der Waals surface area contributed by atoms with Crippen LogP contribution < -0.4 is 11.1 Å². The summed E-state index contributed by atoms with van der Waals surface area (Å²) < 4.78 is 0. The number of carbonyl (C=O) groups excluding carboxylic acids is 1. The third kappa shape index (κ3) is 5.01. The van der Waals surface area contributed by atoms with Gasteiger partial charge in [0.15, 0.2) is 0 Å². The van der Waals surface area contributed by atoms with Gasteiger partial charge in [-0.25, -0.2) is 9.59 Å². The summed E-state index contributed by atoms with van der Waals surface area (Å²) in [6, 6.07) is 8.98. The van der Waals surface area contributed by atoms with Gasteiger partial charge in [0.2, 0.25) is 0 Å². The molecule has 0 aliphatic heterocycles. The van der Waals surface area contributed by atoms with Crippen molar-refractivity contribution in [2.45, 2.75) is 29.6 Å². The topological polar surface area (TPSA) is 130 Å². The van der Waals surface area contributed by atoms with Gasteiger partial charge in [0.05, 0.1) is 16.7 Å². The van der Waals surface area contributed by atoms with E-state index in [2.05, 4.69) is 5.32 Å². The molecule has 0 atom stereocenters. The fourth-order valence-electron chi connectivity index (χ4n) is 2.44. The van der Waals surface area contributed by atoms with Crippen molar-refractivity contribution in [2.24, 2.45) is 0 Å². The molecule has 1 amide bonds. The van der Waals surface area contributed by atoms with Gasteiger partial charge < -0.3 is 21.3 Å². The van der Waals surface area contributed by atoms with Crippen LogP contribution in [0.15, 0.2) is 46.2 Å². The minimum absolute atomic E-state index is 0.0372. The first kappa shape index (κ1) is 20.3. The Bertz CT molecular complexity index is 882. The maximum atomic E-state index is 12.4. The van der Waals surface area contributed by atoms with E-state index in [1.807, 2.05) is 6.92 Å². The summed E-state index contributed by atoms with van der Waals surface area (Å²) in [4.78, 5) is 36.3. The molecule has 0 unspecified atom stereocenters. The van der Waals surface area contributed by atoms with Gasteiger partial charge >= 0.3 is 11.9 Å². The third-order valence-corrected chi connectivity index (χ3v) is 4.85. The number of nitrogens with two attached hydrogens (primary N) is 1. The number of rotatable bonds is 8. The number of hydrogen-bond donors (Lipinski definition) is 4. The predicted molar refractivity (Wildman–Crippen MR) is 103 cm³/mol. The van der Waals surface area contributed by atoms with E-state index in [9.17, 15) is 24.6 Å². The Morgan fingerprint density at radius 2 is 1.74 bits per heavy atom. The van der Waals surface area contributed by atoms with E-state index in [-0.39, 0.29) is 27.3 Å². The average molecular weight is 388 g/mol. The van der Waals surface area contributed by atoms with E-state index in [4.69, 9.17) is 5.73 Å². The molecule has 2 aromatic rings. The van der Waals surface area contributed by atoms with Crippen molar-refractivity contribution in [3.8, 4) is 0 Å². The molecule has 0 spiro atoms. The van der Waals surface area contributed by atoms with Crippen LogP contribution in [0.4, 0.5) is 5.69 Å². The SMILES string of the molecule is CCCCNC(=O)c1cc(N)cc(Sc2ccccc2C(=O)O)c1C(=O)O. The van der Waals surface area contributed by atoms with Crippen molar-refractivity contribution >= 4 is 35.3 Å². The zero-order chi connectivity index (χ0) is 20.0. The fraction of sp³-hybridized carbons (Fsp3) is 0.211. The summed E-state index contributed by atoms with van der Waals surface area (Å²) in [7, 11) is 0. The Kier molecular flexibility index (Phi) is 6.84. The van der Waals surface area contributed by atoms with Crippen molar-refractivity contribution in [2.75, 3.05) is 12.3 Å². The monoisotopic (exact) mass is 388 g/mol. The van der Waals surface area contributed by atoms with Crippen molar-refractivity contribution in [3.63, 3.8) is 0 Å². The van der Waals surface area contributed by atoms with Gasteiger partial charge in [0.1, 0.15) is 0 Å². The first-order valence-corrected chi connectivity index (χ1v) is 9.12. The van der Waals surface area contributed by atoms with E-state index in [0.717, 1.165) is 24.6 Å². The average Bonchev–Trinajstić information content (AvgIpc) is 2.61. The minimum atomic E-state index is -1.29. The highest BCUT2D eigenvalue weighted by Gasteiger charge is 2.23. The van der Waals surface area contributed by atoms with Crippen LogP contribution in [0, 0.1) is 0 Å². The molecule has 27 heavy (non-hydrogen) atoms. The van der Waals surface area contributed by atoms with Gasteiger partial charge in [-0.2, -0.15) is 0 Å². The number of carbonyl (C=O) groups is 3. The lowest BCUT2D eigenvalue weighted by Crippen LogP contribution is -2.26.